The van der Waals surface area contributed by atoms with E-state index in [-0.39, 0.29) is 5.56 Å². The molecule has 3 rings (SSSR count). The van der Waals surface area contributed by atoms with Gasteiger partial charge in [0.2, 0.25) is 0 Å². The van der Waals surface area contributed by atoms with Crippen LogP contribution in [0.4, 0.5) is 5.82 Å². The first kappa shape index (κ1) is 13.7. The van der Waals surface area contributed by atoms with E-state index in [2.05, 4.69) is 19.9 Å². The van der Waals surface area contributed by atoms with Crippen molar-refractivity contribution in [3.05, 3.63) is 45.0 Å². The van der Waals surface area contributed by atoms with Gasteiger partial charge in [-0.1, -0.05) is 0 Å². The van der Waals surface area contributed by atoms with Gasteiger partial charge in [-0.15, -0.1) is 0 Å². The summed E-state index contributed by atoms with van der Waals surface area (Å²) in [5.74, 6) is 1.68. The zero-order valence-corrected chi connectivity index (χ0v) is 12.8. The van der Waals surface area contributed by atoms with Crippen LogP contribution in [0.2, 0.25) is 0 Å². The molecule has 0 aliphatic carbocycles. The maximum atomic E-state index is 12.4. The fourth-order valence-electron chi connectivity index (χ4n) is 2.71. The molecule has 0 saturated carbocycles. The van der Waals surface area contributed by atoms with Crippen molar-refractivity contribution in [2.75, 3.05) is 11.4 Å². The Balaban J connectivity index is 2.04. The van der Waals surface area contributed by atoms with Crippen molar-refractivity contribution in [3.63, 3.8) is 0 Å². The molecule has 21 heavy (non-hydrogen) atoms. The number of hydrogen-bond donors (Lipinski definition) is 0. The summed E-state index contributed by atoms with van der Waals surface area (Å²) in [5.41, 5.74) is 3.80. The summed E-state index contributed by atoms with van der Waals surface area (Å²) in [7, 11) is 1.77. The largest absolute Gasteiger partial charge is 0.351 e. The molecule has 0 radical (unpaired) electrons. The zero-order chi connectivity index (χ0) is 15.1. The summed E-state index contributed by atoms with van der Waals surface area (Å²) in [5, 5.41) is 0. The molecule has 0 amide bonds. The summed E-state index contributed by atoms with van der Waals surface area (Å²) < 4.78 is 1.61. The van der Waals surface area contributed by atoms with E-state index < -0.39 is 0 Å². The van der Waals surface area contributed by atoms with Gasteiger partial charge in [-0.05, 0) is 20.8 Å². The smallest absolute Gasteiger partial charge is 0.258 e. The lowest BCUT2D eigenvalue weighted by molar-refractivity contribution is 0.647. The van der Waals surface area contributed by atoms with Gasteiger partial charge in [-0.3, -0.25) is 9.36 Å². The molecule has 0 atom stereocenters. The van der Waals surface area contributed by atoms with E-state index in [1.807, 2.05) is 20.8 Å². The van der Waals surface area contributed by atoms with Crippen LogP contribution in [0.1, 0.15) is 28.3 Å². The third kappa shape index (κ3) is 2.20. The Kier molecular flexibility index (Phi) is 3.23. The highest BCUT2D eigenvalue weighted by Gasteiger charge is 2.24. The molecule has 6 nitrogen and oxygen atoms in total. The minimum absolute atomic E-state index is 0.0469. The number of nitrogens with zero attached hydrogens (tertiary/aromatic N) is 5. The second-order valence-corrected chi connectivity index (χ2v) is 5.53. The maximum Gasteiger partial charge on any atom is 0.258 e. The molecule has 0 spiro atoms. The Hall–Kier alpha value is -2.24. The fraction of sp³-hybridized carbons (Fsp3) is 0.467. The highest BCUT2D eigenvalue weighted by Crippen LogP contribution is 2.23. The second kappa shape index (κ2) is 4.95. The molecule has 0 fully saturated rings. The fourth-order valence-corrected chi connectivity index (χ4v) is 2.71. The van der Waals surface area contributed by atoms with Crippen molar-refractivity contribution < 1.29 is 0 Å². The standard InChI is InChI=1S/C15H19N5O/c1-9-10(2)16-8-17-14(9)20-6-5-13-12(7-20)15(21)19(4)11(3)18-13/h8H,5-7H2,1-4H3. The number of fused-ring (bicyclic) bond motifs is 1. The van der Waals surface area contributed by atoms with Gasteiger partial charge in [0.15, 0.2) is 0 Å². The van der Waals surface area contributed by atoms with Crippen molar-refractivity contribution in [2.24, 2.45) is 7.05 Å². The lowest BCUT2D eigenvalue weighted by atomic mass is 10.1. The van der Waals surface area contributed by atoms with Crippen molar-refractivity contribution in [1.82, 2.24) is 19.5 Å². The third-order valence-corrected chi connectivity index (χ3v) is 4.27. The van der Waals surface area contributed by atoms with Crippen LogP contribution in [-0.2, 0) is 20.0 Å². The van der Waals surface area contributed by atoms with Crippen molar-refractivity contribution >= 4 is 5.82 Å². The average molecular weight is 285 g/mol. The van der Waals surface area contributed by atoms with Crippen LogP contribution >= 0.6 is 0 Å². The predicted octanol–water partition coefficient (Wildman–Crippen LogP) is 1.06. The van der Waals surface area contributed by atoms with E-state index in [1.165, 1.54) is 0 Å². The van der Waals surface area contributed by atoms with Gasteiger partial charge in [0.25, 0.3) is 5.56 Å². The lowest BCUT2D eigenvalue weighted by Crippen LogP contribution is -2.38. The molecule has 0 bridgehead atoms. The van der Waals surface area contributed by atoms with Gasteiger partial charge in [-0.25, -0.2) is 15.0 Å². The molecular weight excluding hydrogens is 266 g/mol. The summed E-state index contributed by atoms with van der Waals surface area (Å²) in [4.78, 5) is 27.7. The zero-order valence-electron chi connectivity index (χ0n) is 12.8. The molecule has 0 saturated heterocycles. The molecule has 2 aromatic rings. The van der Waals surface area contributed by atoms with Crippen molar-refractivity contribution in [3.8, 4) is 0 Å². The third-order valence-electron chi connectivity index (χ3n) is 4.27. The monoisotopic (exact) mass is 285 g/mol. The lowest BCUT2D eigenvalue weighted by Gasteiger charge is -2.30. The quantitative estimate of drug-likeness (QED) is 0.784. The summed E-state index contributed by atoms with van der Waals surface area (Å²) >= 11 is 0. The molecule has 1 aliphatic heterocycles. The summed E-state index contributed by atoms with van der Waals surface area (Å²) in [6.45, 7) is 7.25. The Bertz CT molecular complexity index is 765. The number of aryl methyl sites for hydroxylation is 2. The average Bonchev–Trinajstić information content (AvgIpc) is 2.48. The number of hydrogen-bond acceptors (Lipinski definition) is 5. The van der Waals surface area contributed by atoms with E-state index in [1.54, 1.807) is 17.9 Å². The first-order chi connectivity index (χ1) is 9.99. The minimum Gasteiger partial charge on any atom is -0.351 e. The Morgan fingerprint density at radius 3 is 2.71 bits per heavy atom. The number of aromatic nitrogens is 4. The van der Waals surface area contributed by atoms with Gasteiger partial charge in [0.05, 0.1) is 17.8 Å². The van der Waals surface area contributed by atoms with E-state index in [0.717, 1.165) is 47.1 Å². The topological polar surface area (TPSA) is 63.9 Å². The van der Waals surface area contributed by atoms with Crippen LogP contribution < -0.4 is 10.5 Å². The molecule has 1 aliphatic rings. The highest BCUT2D eigenvalue weighted by molar-refractivity contribution is 5.49. The summed E-state index contributed by atoms with van der Waals surface area (Å²) in [6.07, 6.45) is 2.35. The highest BCUT2D eigenvalue weighted by atomic mass is 16.1. The SMILES string of the molecule is Cc1ncnc(N2CCc3nc(C)n(C)c(=O)c3C2)c1C. The Morgan fingerprint density at radius 2 is 1.95 bits per heavy atom. The van der Waals surface area contributed by atoms with Crippen LogP contribution in [0, 0.1) is 20.8 Å². The molecule has 2 aromatic heterocycles. The molecule has 0 N–H and O–H groups in total. The van der Waals surface area contributed by atoms with Crippen LogP contribution in [0.15, 0.2) is 11.1 Å². The van der Waals surface area contributed by atoms with Gasteiger partial charge >= 0.3 is 0 Å². The molecular formula is C15H19N5O. The predicted molar refractivity (Wildman–Crippen MR) is 80.5 cm³/mol. The number of rotatable bonds is 1. The van der Waals surface area contributed by atoms with Crippen LogP contribution in [0.5, 0.6) is 0 Å². The maximum absolute atomic E-state index is 12.4. The summed E-state index contributed by atoms with van der Waals surface area (Å²) in [6, 6.07) is 0. The first-order valence-corrected chi connectivity index (χ1v) is 7.07. The molecule has 6 heteroatoms. The van der Waals surface area contributed by atoms with Crippen LogP contribution in [0.3, 0.4) is 0 Å². The van der Waals surface area contributed by atoms with Gasteiger partial charge < -0.3 is 4.90 Å². The Labute approximate surface area is 123 Å². The van der Waals surface area contributed by atoms with E-state index in [9.17, 15) is 4.79 Å². The van der Waals surface area contributed by atoms with Crippen molar-refractivity contribution in [1.29, 1.82) is 0 Å². The van der Waals surface area contributed by atoms with Crippen LogP contribution in [0.25, 0.3) is 0 Å². The number of anilines is 1. The Morgan fingerprint density at radius 1 is 1.19 bits per heavy atom. The van der Waals surface area contributed by atoms with Gasteiger partial charge in [-0.2, -0.15) is 0 Å². The van der Waals surface area contributed by atoms with E-state index in [4.69, 9.17) is 0 Å². The van der Waals surface area contributed by atoms with E-state index >= 15 is 0 Å². The van der Waals surface area contributed by atoms with Gasteiger partial charge in [0.1, 0.15) is 18.0 Å². The minimum atomic E-state index is 0.0469. The molecule has 0 unspecified atom stereocenters. The molecule has 0 aromatic carbocycles. The second-order valence-electron chi connectivity index (χ2n) is 5.53. The van der Waals surface area contributed by atoms with E-state index in [0.29, 0.717) is 6.54 Å². The normalized spacial score (nSPS) is 14.2. The first-order valence-electron chi connectivity index (χ1n) is 7.07. The molecule has 110 valence electrons. The van der Waals surface area contributed by atoms with Crippen LogP contribution in [-0.4, -0.2) is 26.1 Å². The molecule has 3 heterocycles. The van der Waals surface area contributed by atoms with Gasteiger partial charge in [0, 0.05) is 31.3 Å². The van der Waals surface area contributed by atoms with Crippen molar-refractivity contribution in [2.45, 2.75) is 33.7 Å².